The number of likely N-dealkylation sites (tertiary alicyclic amines) is 1. The van der Waals surface area contributed by atoms with Crippen molar-refractivity contribution in [3.8, 4) is 0 Å². The van der Waals surface area contributed by atoms with E-state index in [4.69, 9.17) is 4.74 Å². The summed E-state index contributed by atoms with van der Waals surface area (Å²) in [7, 11) is 0. The van der Waals surface area contributed by atoms with Crippen molar-refractivity contribution in [1.29, 1.82) is 0 Å². The number of carbonyl (C=O) groups excluding carboxylic acids is 1. The van der Waals surface area contributed by atoms with Crippen LogP contribution in [0.3, 0.4) is 0 Å². The summed E-state index contributed by atoms with van der Waals surface area (Å²) in [6.45, 7) is 3.54. The van der Waals surface area contributed by atoms with Crippen LogP contribution in [-0.4, -0.2) is 38.5 Å². The maximum absolute atomic E-state index is 12.1. The molecule has 1 aliphatic rings. The van der Waals surface area contributed by atoms with Crippen LogP contribution in [0.4, 0.5) is 4.79 Å². The molecular weight excluding hydrogens is 304 g/mol. The average Bonchev–Trinajstić information content (AvgIpc) is 2.98. The molecule has 4 rings (SSSR count). The van der Waals surface area contributed by atoms with E-state index in [1.54, 1.807) is 11.1 Å². The number of amides is 1. The Hall–Kier alpha value is -2.89. The molecule has 0 spiro atoms. The molecule has 3 aromatic rings. The summed E-state index contributed by atoms with van der Waals surface area (Å²) in [5.41, 5.74) is 2.96. The highest BCUT2D eigenvalue weighted by Gasteiger charge is 2.35. The lowest BCUT2D eigenvalue weighted by molar-refractivity contribution is 0.0649. The van der Waals surface area contributed by atoms with Gasteiger partial charge in [0.1, 0.15) is 12.4 Å². The molecule has 1 aliphatic heterocycles. The van der Waals surface area contributed by atoms with E-state index in [0.717, 1.165) is 22.6 Å². The summed E-state index contributed by atoms with van der Waals surface area (Å²) in [4.78, 5) is 22.6. The molecule has 1 amide bonds. The van der Waals surface area contributed by atoms with E-state index in [-0.39, 0.29) is 12.0 Å². The third kappa shape index (κ3) is 2.60. The van der Waals surface area contributed by atoms with Crippen molar-refractivity contribution in [2.75, 3.05) is 13.1 Å². The first kappa shape index (κ1) is 14.7. The molecule has 1 aromatic carbocycles. The Kier molecular flexibility index (Phi) is 3.65. The zero-order valence-corrected chi connectivity index (χ0v) is 13.4. The summed E-state index contributed by atoms with van der Waals surface area (Å²) in [6.07, 6.45) is 5.27. The van der Waals surface area contributed by atoms with Crippen LogP contribution in [0.15, 0.2) is 48.9 Å². The van der Waals surface area contributed by atoms with Crippen molar-refractivity contribution in [3.05, 3.63) is 66.0 Å². The second-order valence-electron chi connectivity index (χ2n) is 6.03. The highest BCUT2D eigenvalue weighted by atomic mass is 16.6. The molecule has 1 saturated heterocycles. The van der Waals surface area contributed by atoms with Gasteiger partial charge in [-0.1, -0.05) is 30.3 Å². The number of aromatic nitrogens is 3. The van der Waals surface area contributed by atoms with Crippen LogP contribution in [0.5, 0.6) is 0 Å². The lowest BCUT2D eigenvalue weighted by atomic mass is 10.0. The zero-order valence-electron chi connectivity index (χ0n) is 13.4. The quantitative estimate of drug-likeness (QED) is 0.744. The molecular formula is C18H18N4O2. The summed E-state index contributed by atoms with van der Waals surface area (Å²) in [5.74, 6) is 1.21. The highest BCUT2D eigenvalue weighted by molar-refractivity contribution is 5.69. The monoisotopic (exact) mass is 322 g/mol. The van der Waals surface area contributed by atoms with Crippen molar-refractivity contribution >= 4 is 11.6 Å². The van der Waals surface area contributed by atoms with Crippen molar-refractivity contribution in [2.45, 2.75) is 19.4 Å². The second-order valence-corrected chi connectivity index (χ2v) is 6.03. The fraction of sp³-hybridized carbons (Fsp3) is 0.278. The van der Waals surface area contributed by atoms with E-state index in [2.05, 4.69) is 14.4 Å². The molecule has 24 heavy (non-hydrogen) atoms. The molecule has 0 aliphatic carbocycles. The predicted octanol–water partition coefficient (Wildman–Crippen LogP) is 2.77. The van der Waals surface area contributed by atoms with Gasteiger partial charge in [0.25, 0.3) is 0 Å². The minimum absolute atomic E-state index is 0.235. The number of fused-ring (bicyclic) bond motifs is 1. The van der Waals surface area contributed by atoms with Crippen LogP contribution < -0.4 is 0 Å². The van der Waals surface area contributed by atoms with Gasteiger partial charge in [-0.2, -0.15) is 0 Å². The molecule has 0 N–H and O–H groups in total. The Morgan fingerprint density at radius 1 is 1.25 bits per heavy atom. The van der Waals surface area contributed by atoms with Crippen LogP contribution in [0.1, 0.15) is 23.0 Å². The van der Waals surface area contributed by atoms with Crippen molar-refractivity contribution in [1.82, 2.24) is 19.3 Å². The van der Waals surface area contributed by atoms with Gasteiger partial charge in [0.15, 0.2) is 0 Å². The molecule has 122 valence electrons. The fourth-order valence-electron chi connectivity index (χ4n) is 2.98. The lowest BCUT2D eigenvalue weighted by Crippen LogP contribution is -2.49. The Morgan fingerprint density at radius 3 is 2.83 bits per heavy atom. The third-order valence-electron chi connectivity index (χ3n) is 4.39. The Bertz CT molecular complexity index is 869. The van der Waals surface area contributed by atoms with Gasteiger partial charge >= 0.3 is 6.09 Å². The Balaban J connectivity index is 1.37. The molecule has 0 atom stereocenters. The maximum atomic E-state index is 12.1. The van der Waals surface area contributed by atoms with Gasteiger partial charge < -0.3 is 14.0 Å². The van der Waals surface area contributed by atoms with Crippen LogP contribution in [-0.2, 0) is 11.3 Å². The van der Waals surface area contributed by atoms with Gasteiger partial charge in [-0.25, -0.2) is 9.78 Å². The number of imidazole rings is 1. The summed E-state index contributed by atoms with van der Waals surface area (Å²) in [5, 5.41) is 0. The third-order valence-corrected chi connectivity index (χ3v) is 4.39. The fourth-order valence-corrected chi connectivity index (χ4v) is 2.98. The van der Waals surface area contributed by atoms with E-state index in [0.29, 0.717) is 19.7 Å². The SMILES string of the molecule is Cc1nccn2c(C3CN(C(=O)OCc4ccccc4)C3)ncc12. The topological polar surface area (TPSA) is 59.7 Å². The Labute approximate surface area is 139 Å². The molecule has 0 bridgehead atoms. The standard InChI is InChI=1S/C18H18N4O2/c1-13-16-9-20-17(22(16)8-7-19-13)15-10-21(11-15)18(23)24-12-14-5-3-2-4-6-14/h2-9,15H,10-12H2,1H3. The first-order valence-electron chi connectivity index (χ1n) is 7.96. The van der Waals surface area contributed by atoms with E-state index < -0.39 is 0 Å². The van der Waals surface area contributed by atoms with Crippen molar-refractivity contribution in [2.24, 2.45) is 0 Å². The number of nitrogens with zero attached hydrogens (tertiary/aromatic N) is 4. The number of ether oxygens (including phenoxy) is 1. The largest absolute Gasteiger partial charge is 0.445 e. The van der Waals surface area contributed by atoms with Gasteiger partial charge in [0.05, 0.1) is 23.3 Å². The minimum atomic E-state index is -0.270. The first-order chi connectivity index (χ1) is 11.7. The Morgan fingerprint density at radius 2 is 2.04 bits per heavy atom. The molecule has 2 aromatic heterocycles. The minimum Gasteiger partial charge on any atom is -0.445 e. The number of aryl methyl sites for hydroxylation is 1. The predicted molar refractivity (Wildman–Crippen MR) is 88.7 cm³/mol. The number of hydrogen-bond donors (Lipinski definition) is 0. The zero-order chi connectivity index (χ0) is 16.5. The first-order valence-corrected chi connectivity index (χ1v) is 7.96. The number of benzene rings is 1. The van der Waals surface area contributed by atoms with Crippen LogP contribution >= 0.6 is 0 Å². The van der Waals surface area contributed by atoms with E-state index in [1.807, 2.05) is 49.6 Å². The van der Waals surface area contributed by atoms with E-state index in [9.17, 15) is 4.79 Å². The molecule has 0 radical (unpaired) electrons. The van der Waals surface area contributed by atoms with Gasteiger partial charge in [0.2, 0.25) is 0 Å². The lowest BCUT2D eigenvalue weighted by Gasteiger charge is -2.37. The molecule has 0 unspecified atom stereocenters. The van der Waals surface area contributed by atoms with Crippen LogP contribution in [0.25, 0.3) is 5.52 Å². The van der Waals surface area contributed by atoms with Crippen LogP contribution in [0, 0.1) is 6.92 Å². The number of hydrogen-bond acceptors (Lipinski definition) is 4. The van der Waals surface area contributed by atoms with Gasteiger partial charge in [0, 0.05) is 25.5 Å². The summed E-state index contributed by atoms with van der Waals surface area (Å²) >= 11 is 0. The van der Waals surface area contributed by atoms with Crippen molar-refractivity contribution < 1.29 is 9.53 Å². The molecule has 6 heteroatoms. The van der Waals surface area contributed by atoms with Gasteiger partial charge in [-0.15, -0.1) is 0 Å². The normalized spacial score (nSPS) is 14.6. The maximum Gasteiger partial charge on any atom is 0.410 e. The summed E-state index contributed by atoms with van der Waals surface area (Å²) < 4.78 is 7.41. The van der Waals surface area contributed by atoms with Gasteiger partial charge in [-0.05, 0) is 12.5 Å². The number of rotatable bonds is 3. The van der Waals surface area contributed by atoms with Crippen LogP contribution in [0.2, 0.25) is 0 Å². The second kappa shape index (κ2) is 5.96. The smallest absolute Gasteiger partial charge is 0.410 e. The molecule has 6 nitrogen and oxygen atoms in total. The van der Waals surface area contributed by atoms with E-state index >= 15 is 0 Å². The number of carbonyl (C=O) groups is 1. The van der Waals surface area contributed by atoms with E-state index in [1.165, 1.54) is 0 Å². The average molecular weight is 322 g/mol. The van der Waals surface area contributed by atoms with Gasteiger partial charge in [-0.3, -0.25) is 4.98 Å². The molecule has 3 heterocycles. The molecule has 1 fully saturated rings. The molecule has 0 saturated carbocycles. The summed E-state index contributed by atoms with van der Waals surface area (Å²) in [6, 6.07) is 9.70. The highest BCUT2D eigenvalue weighted by Crippen LogP contribution is 2.27. The van der Waals surface area contributed by atoms with Crippen molar-refractivity contribution in [3.63, 3.8) is 0 Å².